The number of likely N-dealkylation sites (tertiary alicyclic amines) is 1. The molecule has 0 bridgehead atoms. The van der Waals surface area contributed by atoms with E-state index in [1.807, 2.05) is 58.0 Å². The zero-order valence-corrected chi connectivity index (χ0v) is 22.9. The zero-order chi connectivity index (χ0) is 26.5. The monoisotopic (exact) mass is 502 g/mol. The lowest BCUT2D eigenvalue weighted by Gasteiger charge is -2.44. The molecule has 0 N–H and O–H groups in total. The number of allylic oxidation sites excluding steroid dienone is 1. The minimum absolute atomic E-state index is 0.0543. The first kappa shape index (κ1) is 25.2. The van der Waals surface area contributed by atoms with Crippen molar-refractivity contribution in [1.29, 1.82) is 0 Å². The molecule has 7 heteroatoms. The molecule has 2 saturated heterocycles. The lowest BCUT2D eigenvalue weighted by atomic mass is 9.82. The number of likely N-dealkylation sites (N-methyl/N-ethyl adjacent to an activating group) is 1. The Labute approximate surface area is 220 Å². The molecule has 0 aliphatic carbocycles. The van der Waals surface area contributed by atoms with E-state index in [9.17, 15) is 9.59 Å². The molecule has 2 fully saturated rings. The maximum atomic E-state index is 13.8. The molecule has 0 radical (unpaired) electrons. The highest BCUT2D eigenvalue weighted by molar-refractivity contribution is 5.95. The first-order valence-electron chi connectivity index (χ1n) is 13.3. The van der Waals surface area contributed by atoms with Gasteiger partial charge < -0.3 is 19.4 Å². The SMILES string of the molecule is CCN1C(=O)N2Cc3cc(C)cc(OC)c3C(C)C=C2C12CCN(C(=O)c1cccc(N(C)C)c1)CC2. The largest absolute Gasteiger partial charge is 0.496 e. The summed E-state index contributed by atoms with van der Waals surface area (Å²) < 4.78 is 5.76. The van der Waals surface area contributed by atoms with Crippen molar-refractivity contribution in [3.63, 3.8) is 0 Å². The van der Waals surface area contributed by atoms with Gasteiger partial charge in [0.1, 0.15) is 5.75 Å². The number of nitrogens with zero attached hydrogens (tertiary/aromatic N) is 4. The Morgan fingerprint density at radius 3 is 2.54 bits per heavy atom. The predicted octanol–water partition coefficient (Wildman–Crippen LogP) is 5.00. The number of piperidine rings is 1. The van der Waals surface area contributed by atoms with E-state index in [-0.39, 0.29) is 17.9 Å². The molecule has 1 unspecified atom stereocenters. The molecule has 196 valence electrons. The summed E-state index contributed by atoms with van der Waals surface area (Å²) >= 11 is 0. The standard InChI is InChI=1S/C30H38N4O3/c1-7-34-29(36)33-19-23-15-20(2)16-25(37-6)27(23)21(3)17-26(33)30(34)11-13-32(14-12-30)28(35)22-9-8-10-24(18-22)31(4)5/h8-10,15-18,21H,7,11-14,19H2,1-6H3. The highest BCUT2D eigenvalue weighted by Gasteiger charge is 2.55. The van der Waals surface area contributed by atoms with Crippen LogP contribution < -0.4 is 9.64 Å². The fraction of sp³-hybridized carbons (Fsp3) is 0.467. The summed E-state index contributed by atoms with van der Waals surface area (Å²) in [4.78, 5) is 35.2. The first-order chi connectivity index (χ1) is 17.7. The predicted molar refractivity (Wildman–Crippen MR) is 146 cm³/mol. The quantitative estimate of drug-likeness (QED) is 0.590. The van der Waals surface area contributed by atoms with E-state index >= 15 is 0 Å². The third kappa shape index (κ3) is 4.05. The number of carbonyl (C=O) groups excluding carboxylic acids is 2. The van der Waals surface area contributed by atoms with E-state index in [4.69, 9.17) is 4.74 Å². The molecular weight excluding hydrogens is 464 g/mol. The second-order valence-electron chi connectivity index (χ2n) is 10.8. The van der Waals surface area contributed by atoms with Crippen LogP contribution in [0.1, 0.15) is 59.7 Å². The van der Waals surface area contributed by atoms with Crippen molar-refractivity contribution in [3.05, 3.63) is 70.4 Å². The van der Waals surface area contributed by atoms with E-state index in [1.54, 1.807) is 7.11 Å². The van der Waals surface area contributed by atoms with Gasteiger partial charge in [-0.15, -0.1) is 0 Å². The van der Waals surface area contributed by atoms with Crippen LogP contribution in [0.15, 0.2) is 48.2 Å². The van der Waals surface area contributed by atoms with E-state index in [0.717, 1.165) is 46.7 Å². The number of aryl methyl sites for hydroxylation is 1. The van der Waals surface area contributed by atoms with E-state index in [0.29, 0.717) is 31.7 Å². The van der Waals surface area contributed by atoms with Crippen molar-refractivity contribution >= 4 is 17.6 Å². The van der Waals surface area contributed by atoms with Gasteiger partial charge in [0.15, 0.2) is 0 Å². The molecular formula is C30H38N4O3. The van der Waals surface area contributed by atoms with Gasteiger partial charge in [0.2, 0.25) is 0 Å². The van der Waals surface area contributed by atoms with Crippen LogP contribution in [0, 0.1) is 6.92 Å². The number of rotatable bonds is 4. The van der Waals surface area contributed by atoms with Crippen LogP contribution in [0.5, 0.6) is 5.75 Å². The van der Waals surface area contributed by atoms with Gasteiger partial charge in [0.05, 0.1) is 19.2 Å². The number of methoxy groups -OCH3 is 1. The van der Waals surface area contributed by atoms with Gasteiger partial charge in [-0.05, 0) is 62.1 Å². The summed E-state index contributed by atoms with van der Waals surface area (Å²) in [5.41, 5.74) is 5.84. The summed E-state index contributed by atoms with van der Waals surface area (Å²) in [5.74, 6) is 1.05. The molecule has 3 aliphatic rings. The second kappa shape index (κ2) is 9.43. The van der Waals surface area contributed by atoms with Crippen molar-refractivity contribution in [1.82, 2.24) is 14.7 Å². The van der Waals surface area contributed by atoms with Crippen LogP contribution in [0.25, 0.3) is 0 Å². The molecule has 1 spiro atoms. The van der Waals surface area contributed by atoms with Crippen LogP contribution in [0.3, 0.4) is 0 Å². The molecule has 0 aromatic heterocycles. The fourth-order valence-corrected chi connectivity index (χ4v) is 6.51. The third-order valence-corrected chi connectivity index (χ3v) is 8.33. The summed E-state index contributed by atoms with van der Waals surface area (Å²) in [7, 11) is 5.67. The van der Waals surface area contributed by atoms with E-state index in [2.05, 4.69) is 39.0 Å². The Bertz CT molecular complexity index is 1260. The number of ether oxygens (including phenoxy) is 1. The number of urea groups is 1. The average molecular weight is 503 g/mol. The number of hydrogen-bond acceptors (Lipinski definition) is 4. The Balaban J connectivity index is 1.46. The molecule has 3 aliphatic heterocycles. The summed E-state index contributed by atoms with van der Waals surface area (Å²) in [6.07, 6.45) is 3.73. The molecule has 3 amide bonds. The van der Waals surface area contributed by atoms with Crippen LogP contribution in [0.4, 0.5) is 10.5 Å². The van der Waals surface area contributed by atoms with Gasteiger partial charge in [0.25, 0.3) is 5.91 Å². The number of hydrogen-bond donors (Lipinski definition) is 0. The van der Waals surface area contributed by atoms with Crippen LogP contribution in [0.2, 0.25) is 0 Å². The first-order valence-corrected chi connectivity index (χ1v) is 13.3. The Kier molecular flexibility index (Phi) is 6.42. The highest BCUT2D eigenvalue weighted by atomic mass is 16.5. The lowest BCUT2D eigenvalue weighted by Crippen LogP contribution is -2.54. The van der Waals surface area contributed by atoms with Gasteiger partial charge in [-0.3, -0.25) is 9.69 Å². The fourth-order valence-electron chi connectivity index (χ4n) is 6.51. The van der Waals surface area contributed by atoms with Crippen molar-refractivity contribution in [2.75, 3.05) is 45.7 Å². The average Bonchev–Trinajstić information content (AvgIpc) is 2.99. The lowest BCUT2D eigenvalue weighted by molar-refractivity contribution is 0.0575. The van der Waals surface area contributed by atoms with Crippen molar-refractivity contribution < 1.29 is 14.3 Å². The van der Waals surface area contributed by atoms with E-state index < -0.39 is 5.54 Å². The third-order valence-electron chi connectivity index (χ3n) is 8.33. The van der Waals surface area contributed by atoms with Crippen LogP contribution in [-0.2, 0) is 6.54 Å². The van der Waals surface area contributed by atoms with Gasteiger partial charge in [-0.1, -0.05) is 25.1 Å². The molecule has 2 aromatic carbocycles. The van der Waals surface area contributed by atoms with Gasteiger partial charge in [-0.2, -0.15) is 0 Å². The molecule has 2 aromatic rings. The number of amides is 3. The Hall–Kier alpha value is -3.48. The normalized spacial score (nSPS) is 20.4. The minimum atomic E-state index is -0.396. The van der Waals surface area contributed by atoms with Crippen molar-refractivity contribution in [2.45, 2.75) is 51.6 Å². The highest BCUT2D eigenvalue weighted by Crippen LogP contribution is 2.48. The maximum Gasteiger partial charge on any atom is 0.325 e. The van der Waals surface area contributed by atoms with Crippen molar-refractivity contribution in [2.24, 2.45) is 0 Å². The number of carbonyl (C=O) groups is 2. The molecule has 5 rings (SSSR count). The second-order valence-corrected chi connectivity index (χ2v) is 10.8. The Morgan fingerprint density at radius 1 is 1.16 bits per heavy atom. The molecule has 7 nitrogen and oxygen atoms in total. The van der Waals surface area contributed by atoms with E-state index in [1.165, 1.54) is 0 Å². The van der Waals surface area contributed by atoms with Gasteiger partial charge in [0, 0.05) is 62.2 Å². The minimum Gasteiger partial charge on any atom is -0.496 e. The molecule has 0 saturated carbocycles. The molecule has 3 heterocycles. The Morgan fingerprint density at radius 2 is 1.89 bits per heavy atom. The van der Waals surface area contributed by atoms with Crippen LogP contribution in [-0.4, -0.2) is 73.0 Å². The smallest absolute Gasteiger partial charge is 0.325 e. The zero-order valence-electron chi connectivity index (χ0n) is 22.9. The van der Waals surface area contributed by atoms with Crippen molar-refractivity contribution in [3.8, 4) is 5.75 Å². The number of anilines is 1. The van der Waals surface area contributed by atoms with Gasteiger partial charge >= 0.3 is 6.03 Å². The topological polar surface area (TPSA) is 56.3 Å². The number of fused-ring (bicyclic) bond motifs is 3. The number of benzene rings is 2. The van der Waals surface area contributed by atoms with Crippen LogP contribution >= 0.6 is 0 Å². The molecule has 37 heavy (non-hydrogen) atoms. The maximum absolute atomic E-state index is 13.8. The van der Waals surface area contributed by atoms with Gasteiger partial charge in [-0.25, -0.2) is 4.79 Å². The summed E-state index contributed by atoms with van der Waals surface area (Å²) in [5, 5.41) is 0. The summed E-state index contributed by atoms with van der Waals surface area (Å²) in [6, 6.07) is 12.1. The summed E-state index contributed by atoms with van der Waals surface area (Å²) in [6.45, 7) is 8.73. The molecule has 1 atom stereocenters.